The SMILES string of the molecule is O=C(Oc1cc(Cl)c(OCC(F)(F)F)c(-c2ccc(C(F)(F)F)cc2)c1)C1CCC1. The van der Waals surface area contributed by atoms with Gasteiger partial charge in [0.25, 0.3) is 0 Å². The molecular formula is C20H15ClF6O3. The van der Waals surface area contributed by atoms with E-state index in [1.807, 2.05) is 0 Å². The summed E-state index contributed by atoms with van der Waals surface area (Å²) < 4.78 is 86.3. The summed E-state index contributed by atoms with van der Waals surface area (Å²) >= 11 is 6.06. The Morgan fingerprint density at radius 2 is 1.67 bits per heavy atom. The van der Waals surface area contributed by atoms with Crippen molar-refractivity contribution in [1.82, 2.24) is 0 Å². The highest BCUT2D eigenvalue weighted by Crippen LogP contribution is 2.42. The first-order chi connectivity index (χ1) is 13.9. The van der Waals surface area contributed by atoms with Crippen LogP contribution in [0.1, 0.15) is 24.8 Å². The molecule has 0 unspecified atom stereocenters. The molecule has 3 nitrogen and oxygen atoms in total. The molecule has 30 heavy (non-hydrogen) atoms. The fourth-order valence-corrected chi connectivity index (χ4v) is 3.09. The maximum Gasteiger partial charge on any atom is 0.422 e. The number of hydrogen-bond donors (Lipinski definition) is 0. The van der Waals surface area contributed by atoms with Gasteiger partial charge in [0.05, 0.1) is 16.5 Å². The summed E-state index contributed by atoms with van der Waals surface area (Å²) in [5, 5.41) is -0.270. The van der Waals surface area contributed by atoms with E-state index < -0.39 is 30.5 Å². The van der Waals surface area contributed by atoms with Gasteiger partial charge in [-0.3, -0.25) is 4.79 Å². The molecule has 0 atom stereocenters. The molecule has 1 aliphatic carbocycles. The Bertz CT molecular complexity index is 918. The largest absolute Gasteiger partial charge is 0.482 e. The van der Waals surface area contributed by atoms with E-state index in [9.17, 15) is 31.1 Å². The number of carbonyl (C=O) groups excluding carboxylic acids is 1. The highest BCUT2D eigenvalue weighted by Gasteiger charge is 2.32. The number of hydrogen-bond acceptors (Lipinski definition) is 3. The second-order valence-electron chi connectivity index (χ2n) is 6.81. The molecule has 1 fully saturated rings. The van der Waals surface area contributed by atoms with E-state index >= 15 is 0 Å². The van der Waals surface area contributed by atoms with Gasteiger partial charge >= 0.3 is 18.3 Å². The molecular weight excluding hydrogens is 438 g/mol. The lowest BCUT2D eigenvalue weighted by molar-refractivity contribution is -0.153. The van der Waals surface area contributed by atoms with Crippen molar-refractivity contribution in [1.29, 1.82) is 0 Å². The number of rotatable bonds is 5. The van der Waals surface area contributed by atoms with Gasteiger partial charge in [-0.05, 0) is 36.6 Å². The number of alkyl halides is 6. The molecule has 2 aromatic rings. The van der Waals surface area contributed by atoms with Crippen LogP contribution in [-0.4, -0.2) is 18.8 Å². The van der Waals surface area contributed by atoms with Crippen molar-refractivity contribution in [2.75, 3.05) is 6.61 Å². The quantitative estimate of drug-likeness (QED) is 0.288. The van der Waals surface area contributed by atoms with Crippen LogP contribution in [0.5, 0.6) is 11.5 Å². The Labute approximate surface area is 172 Å². The summed E-state index contributed by atoms with van der Waals surface area (Å²) in [5.74, 6) is -1.18. The van der Waals surface area contributed by atoms with Crippen LogP contribution >= 0.6 is 11.6 Å². The van der Waals surface area contributed by atoms with Gasteiger partial charge in [0.1, 0.15) is 11.5 Å². The molecule has 0 aromatic heterocycles. The van der Waals surface area contributed by atoms with Gasteiger partial charge < -0.3 is 9.47 Å². The maximum atomic E-state index is 12.8. The van der Waals surface area contributed by atoms with E-state index in [2.05, 4.69) is 0 Å². The van der Waals surface area contributed by atoms with Crippen LogP contribution in [0, 0.1) is 5.92 Å². The molecule has 1 aliphatic rings. The summed E-state index contributed by atoms with van der Waals surface area (Å²) in [6, 6.07) is 6.07. The van der Waals surface area contributed by atoms with Crippen LogP contribution < -0.4 is 9.47 Å². The van der Waals surface area contributed by atoms with Crippen molar-refractivity contribution >= 4 is 17.6 Å². The van der Waals surface area contributed by atoms with Gasteiger partial charge in [0.2, 0.25) is 0 Å². The molecule has 0 spiro atoms. The first-order valence-corrected chi connectivity index (χ1v) is 9.24. The van der Waals surface area contributed by atoms with Gasteiger partial charge in [-0.15, -0.1) is 0 Å². The van der Waals surface area contributed by atoms with Gasteiger partial charge in [-0.25, -0.2) is 0 Å². The normalized spacial score (nSPS) is 14.9. The van der Waals surface area contributed by atoms with E-state index in [1.54, 1.807) is 0 Å². The van der Waals surface area contributed by atoms with E-state index in [-0.39, 0.29) is 33.6 Å². The molecule has 2 aromatic carbocycles. The number of esters is 1. The molecule has 1 saturated carbocycles. The average Bonchev–Trinajstić information content (AvgIpc) is 2.57. The van der Waals surface area contributed by atoms with Gasteiger partial charge in [0, 0.05) is 11.6 Å². The first kappa shape index (κ1) is 22.3. The van der Waals surface area contributed by atoms with E-state index in [1.165, 1.54) is 6.07 Å². The minimum Gasteiger partial charge on any atom is -0.482 e. The topological polar surface area (TPSA) is 35.5 Å². The van der Waals surface area contributed by atoms with Crippen LogP contribution in [0.3, 0.4) is 0 Å². The zero-order chi connectivity index (χ0) is 22.1. The Morgan fingerprint density at radius 3 is 2.17 bits per heavy atom. The highest BCUT2D eigenvalue weighted by molar-refractivity contribution is 6.32. The van der Waals surface area contributed by atoms with Crippen molar-refractivity contribution in [3.8, 4) is 22.6 Å². The summed E-state index contributed by atoms with van der Waals surface area (Å²) in [6.45, 7) is -1.65. The molecule has 162 valence electrons. The standard InChI is InChI=1S/C20H15ClF6O3/c21-16-9-14(30-18(28)12-2-1-3-12)8-15(17(16)29-10-19(22,23)24)11-4-6-13(7-5-11)20(25,26)27/h4-9,12H,1-3,10H2. The monoisotopic (exact) mass is 452 g/mol. The van der Waals surface area contributed by atoms with Crippen molar-refractivity contribution in [3.05, 3.63) is 47.0 Å². The number of carbonyl (C=O) groups is 1. The average molecular weight is 453 g/mol. The molecule has 0 N–H and O–H groups in total. The van der Waals surface area contributed by atoms with Gasteiger partial charge in [-0.2, -0.15) is 26.3 Å². The van der Waals surface area contributed by atoms with Crippen LogP contribution in [-0.2, 0) is 11.0 Å². The Balaban J connectivity index is 1.98. The minimum absolute atomic E-state index is 0.0307. The van der Waals surface area contributed by atoms with Crippen LogP contribution in [0.2, 0.25) is 5.02 Å². The molecule has 3 rings (SSSR count). The second-order valence-corrected chi connectivity index (χ2v) is 7.22. The fraction of sp³-hybridized carbons (Fsp3) is 0.350. The third-order valence-corrected chi connectivity index (χ3v) is 4.86. The first-order valence-electron chi connectivity index (χ1n) is 8.86. The molecule has 0 heterocycles. The predicted octanol–water partition coefficient (Wildman–Crippen LogP) is 6.67. The molecule has 0 saturated heterocycles. The Kier molecular flexibility index (Phi) is 6.21. The molecule has 10 heteroatoms. The summed E-state index contributed by atoms with van der Waals surface area (Å²) in [5.41, 5.74) is -0.844. The van der Waals surface area contributed by atoms with Crippen molar-refractivity contribution in [2.24, 2.45) is 5.92 Å². The van der Waals surface area contributed by atoms with Crippen LogP contribution in [0.15, 0.2) is 36.4 Å². The smallest absolute Gasteiger partial charge is 0.422 e. The third-order valence-electron chi connectivity index (χ3n) is 4.58. The lowest BCUT2D eigenvalue weighted by Crippen LogP contribution is -2.26. The van der Waals surface area contributed by atoms with E-state index in [0.717, 1.165) is 36.8 Å². The number of benzene rings is 2. The fourth-order valence-electron chi connectivity index (χ4n) is 2.82. The summed E-state index contributed by atoms with van der Waals surface area (Å²) in [4.78, 5) is 12.1. The highest BCUT2D eigenvalue weighted by atomic mass is 35.5. The minimum atomic E-state index is -4.66. The van der Waals surface area contributed by atoms with Crippen LogP contribution in [0.25, 0.3) is 11.1 Å². The van der Waals surface area contributed by atoms with Crippen molar-refractivity contribution in [2.45, 2.75) is 31.6 Å². The Hall–Kier alpha value is -2.42. The summed E-state index contributed by atoms with van der Waals surface area (Å²) in [6.07, 6.45) is -7.00. The zero-order valence-corrected chi connectivity index (χ0v) is 16.0. The maximum absolute atomic E-state index is 12.8. The molecule has 0 amide bonds. The van der Waals surface area contributed by atoms with Gasteiger partial charge in [-0.1, -0.05) is 30.2 Å². The van der Waals surface area contributed by atoms with Gasteiger partial charge in [0.15, 0.2) is 6.61 Å². The zero-order valence-electron chi connectivity index (χ0n) is 15.2. The number of ether oxygens (including phenoxy) is 2. The van der Waals surface area contributed by atoms with Crippen LogP contribution in [0.4, 0.5) is 26.3 Å². The van der Waals surface area contributed by atoms with Crippen molar-refractivity contribution < 1.29 is 40.6 Å². The predicted molar refractivity (Wildman–Crippen MR) is 96.4 cm³/mol. The third kappa shape index (κ3) is 5.38. The number of halogens is 7. The molecule has 0 radical (unpaired) electrons. The molecule has 0 bridgehead atoms. The lowest BCUT2D eigenvalue weighted by atomic mass is 9.86. The Morgan fingerprint density at radius 1 is 1.03 bits per heavy atom. The summed E-state index contributed by atoms with van der Waals surface area (Å²) in [7, 11) is 0. The van der Waals surface area contributed by atoms with E-state index in [4.69, 9.17) is 21.1 Å². The van der Waals surface area contributed by atoms with Crippen molar-refractivity contribution in [3.63, 3.8) is 0 Å². The lowest BCUT2D eigenvalue weighted by Gasteiger charge is -2.23. The second kappa shape index (κ2) is 8.37. The van der Waals surface area contributed by atoms with E-state index in [0.29, 0.717) is 12.8 Å². The molecule has 0 aliphatic heterocycles.